The van der Waals surface area contributed by atoms with Crippen LogP contribution >= 0.6 is 22.6 Å². The molecule has 0 radical (unpaired) electrons. The highest BCUT2D eigenvalue weighted by molar-refractivity contribution is 14.1. The molecule has 0 aliphatic heterocycles. The minimum atomic E-state index is -2.42. The molecular formula is C9H11F2IN2. The van der Waals surface area contributed by atoms with Gasteiger partial charge in [-0.15, -0.1) is 0 Å². The molecule has 0 saturated heterocycles. The molecule has 1 fully saturated rings. The lowest BCUT2D eigenvalue weighted by atomic mass is 9.81. The van der Waals surface area contributed by atoms with Gasteiger partial charge in [0.15, 0.2) is 0 Å². The van der Waals surface area contributed by atoms with E-state index in [1.54, 1.807) is 0 Å². The summed E-state index contributed by atoms with van der Waals surface area (Å²) in [5.74, 6) is -2.32. The summed E-state index contributed by atoms with van der Waals surface area (Å²) in [5, 5.41) is 4.24. The van der Waals surface area contributed by atoms with Gasteiger partial charge in [0.25, 0.3) is 0 Å². The maximum atomic E-state index is 12.6. The van der Waals surface area contributed by atoms with E-state index < -0.39 is 5.92 Å². The lowest BCUT2D eigenvalue weighted by molar-refractivity contribution is -0.114. The van der Waals surface area contributed by atoms with E-state index in [1.807, 2.05) is 17.7 Å². The van der Waals surface area contributed by atoms with Gasteiger partial charge in [0.2, 0.25) is 5.92 Å². The van der Waals surface area contributed by atoms with Crippen LogP contribution in [0.4, 0.5) is 8.78 Å². The van der Waals surface area contributed by atoms with Crippen molar-refractivity contribution >= 4 is 22.6 Å². The summed E-state index contributed by atoms with van der Waals surface area (Å²) in [4.78, 5) is 0. The topological polar surface area (TPSA) is 17.8 Å². The monoisotopic (exact) mass is 312 g/mol. The van der Waals surface area contributed by atoms with E-state index in [2.05, 4.69) is 27.7 Å². The molecule has 5 heteroatoms. The van der Waals surface area contributed by atoms with E-state index in [4.69, 9.17) is 0 Å². The zero-order valence-electron chi connectivity index (χ0n) is 7.80. The third kappa shape index (κ3) is 2.07. The average molecular weight is 312 g/mol. The molecule has 1 aliphatic carbocycles. The molecule has 0 unspecified atom stereocenters. The Bertz CT molecular complexity index is 341. The van der Waals surface area contributed by atoms with E-state index in [-0.39, 0.29) is 18.8 Å². The van der Waals surface area contributed by atoms with Gasteiger partial charge in [-0.05, 0) is 41.5 Å². The van der Waals surface area contributed by atoms with Crippen LogP contribution in [0.25, 0.3) is 0 Å². The van der Waals surface area contributed by atoms with Crippen LogP contribution in [0.15, 0.2) is 6.07 Å². The van der Waals surface area contributed by atoms with Crippen molar-refractivity contribution in [3.8, 4) is 0 Å². The summed E-state index contributed by atoms with van der Waals surface area (Å²) >= 11 is 2.13. The lowest BCUT2D eigenvalue weighted by Crippen LogP contribution is -2.38. The maximum Gasteiger partial charge on any atom is 0.248 e. The fourth-order valence-corrected chi connectivity index (χ4v) is 2.52. The lowest BCUT2D eigenvalue weighted by Gasteiger charge is -2.34. The molecule has 2 nitrogen and oxygen atoms in total. The molecule has 0 spiro atoms. The van der Waals surface area contributed by atoms with Crippen molar-refractivity contribution in [2.24, 2.45) is 5.92 Å². The van der Waals surface area contributed by atoms with Gasteiger partial charge in [-0.1, -0.05) is 0 Å². The SMILES string of the molecule is Cc1cc(I)nn1CC1CC(F)(F)C1. The minimum absolute atomic E-state index is 0.0167. The smallest absolute Gasteiger partial charge is 0.248 e. The van der Waals surface area contributed by atoms with E-state index in [0.717, 1.165) is 9.39 Å². The molecule has 1 heterocycles. The van der Waals surface area contributed by atoms with E-state index in [0.29, 0.717) is 6.54 Å². The Hall–Kier alpha value is -0.200. The third-order valence-corrected chi connectivity index (χ3v) is 3.08. The van der Waals surface area contributed by atoms with E-state index in [1.165, 1.54) is 0 Å². The predicted octanol–water partition coefficient (Wildman–Crippen LogP) is 2.84. The second-order valence-electron chi connectivity index (χ2n) is 3.92. The van der Waals surface area contributed by atoms with Crippen LogP contribution < -0.4 is 0 Å². The van der Waals surface area contributed by atoms with Gasteiger partial charge in [0, 0.05) is 25.1 Å². The fourth-order valence-electron chi connectivity index (χ4n) is 1.81. The third-order valence-electron chi connectivity index (χ3n) is 2.56. The molecule has 0 aromatic carbocycles. The van der Waals surface area contributed by atoms with E-state index >= 15 is 0 Å². The van der Waals surface area contributed by atoms with Gasteiger partial charge in [-0.2, -0.15) is 5.10 Å². The number of alkyl halides is 2. The summed E-state index contributed by atoms with van der Waals surface area (Å²) in [6.45, 7) is 2.58. The largest absolute Gasteiger partial charge is 0.269 e. The molecule has 1 saturated carbocycles. The Kier molecular flexibility index (Phi) is 2.53. The first kappa shape index (κ1) is 10.3. The molecule has 1 aromatic heterocycles. The number of aryl methyl sites for hydroxylation is 1. The number of nitrogens with zero attached hydrogens (tertiary/aromatic N) is 2. The molecule has 0 N–H and O–H groups in total. The van der Waals surface area contributed by atoms with Gasteiger partial charge in [0.05, 0.1) is 0 Å². The van der Waals surface area contributed by atoms with Gasteiger partial charge < -0.3 is 0 Å². The molecular weight excluding hydrogens is 301 g/mol. The summed E-state index contributed by atoms with van der Waals surface area (Å²) in [5.41, 5.74) is 1.05. The second kappa shape index (κ2) is 3.43. The Morgan fingerprint density at radius 1 is 1.64 bits per heavy atom. The number of halogens is 3. The van der Waals surface area contributed by atoms with Gasteiger partial charge in [0.1, 0.15) is 3.70 Å². The number of rotatable bonds is 2. The standard InChI is InChI=1S/C9H11F2IN2/c1-6-2-8(12)13-14(6)5-7-3-9(10,11)4-7/h2,7H,3-5H2,1H3. The maximum absolute atomic E-state index is 12.6. The highest BCUT2D eigenvalue weighted by Gasteiger charge is 2.45. The first-order chi connectivity index (χ1) is 6.46. The molecule has 78 valence electrons. The average Bonchev–Trinajstić information content (AvgIpc) is 2.26. The molecule has 1 aromatic rings. The molecule has 0 atom stereocenters. The van der Waals surface area contributed by atoms with Crippen LogP contribution in [0.5, 0.6) is 0 Å². The first-order valence-corrected chi connectivity index (χ1v) is 5.62. The van der Waals surface area contributed by atoms with Crippen LogP contribution in [0.2, 0.25) is 0 Å². The van der Waals surface area contributed by atoms with Crippen molar-refractivity contribution in [1.29, 1.82) is 0 Å². The van der Waals surface area contributed by atoms with Crippen LogP contribution in [-0.2, 0) is 6.54 Å². The molecule has 0 bridgehead atoms. The van der Waals surface area contributed by atoms with Crippen molar-refractivity contribution < 1.29 is 8.78 Å². The predicted molar refractivity (Wildman–Crippen MR) is 57.4 cm³/mol. The van der Waals surface area contributed by atoms with Crippen LogP contribution in [0.1, 0.15) is 18.5 Å². The van der Waals surface area contributed by atoms with Crippen molar-refractivity contribution in [2.45, 2.75) is 32.2 Å². The van der Waals surface area contributed by atoms with Crippen LogP contribution in [-0.4, -0.2) is 15.7 Å². The molecule has 1 aliphatic rings. The van der Waals surface area contributed by atoms with Crippen molar-refractivity contribution in [3.63, 3.8) is 0 Å². The van der Waals surface area contributed by atoms with Crippen LogP contribution in [0, 0.1) is 16.5 Å². The Morgan fingerprint density at radius 3 is 2.71 bits per heavy atom. The van der Waals surface area contributed by atoms with Gasteiger partial charge in [-0.3, -0.25) is 4.68 Å². The van der Waals surface area contributed by atoms with E-state index in [9.17, 15) is 8.78 Å². The van der Waals surface area contributed by atoms with Crippen molar-refractivity contribution in [1.82, 2.24) is 9.78 Å². The second-order valence-corrected chi connectivity index (χ2v) is 5.03. The zero-order valence-corrected chi connectivity index (χ0v) is 9.96. The number of aromatic nitrogens is 2. The summed E-state index contributed by atoms with van der Waals surface area (Å²) in [6.07, 6.45) is 0.0335. The summed E-state index contributed by atoms with van der Waals surface area (Å²) < 4.78 is 27.9. The van der Waals surface area contributed by atoms with Crippen molar-refractivity contribution in [3.05, 3.63) is 15.5 Å². The normalized spacial score (nSPS) is 20.9. The highest BCUT2D eigenvalue weighted by Crippen LogP contribution is 2.43. The molecule has 2 rings (SSSR count). The van der Waals surface area contributed by atoms with Crippen molar-refractivity contribution in [2.75, 3.05) is 0 Å². The highest BCUT2D eigenvalue weighted by atomic mass is 127. The summed E-state index contributed by atoms with van der Waals surface area (Å²) in [6, 6.07) is 1.96. The van der Waals surface area contributed by atoms with Crippen LogP contribution in [0.3, 0.4) is 0 Å². The number of hydrogen-bond acceptors (Lipinski definition) is 1. The minimum Gasteiger partial charge on any atom is -0.269 e. The van der Waals surface area contributed by atoms with Gasteiger partial charge in [-0.25, -0.2) is 8.78 Å². The van der Waals surface area contributed by atoms with Gasteiger partial charge >= 0.3 is 0 Å². The Labute approximate surface area is 94.8 Å². The fraction of sp³-hybridized carbons (Fsp3) is 0.667. The first-order valence-electron chi connectivity index (χ1n) is 4.54. The number of hydrogen-bond donors (Lipinski definition) is 0. The quantitative estimate of drug-likeness (QED) is 0.768. The Morgan fingerprint density at radius 2 is 2.29 bits per heavy atom. The molecule has 14 heavy (non-hydrogen) atoms. The summed E-state index contributed by atoms with van der Waals surface area (Å²) in [7, 11) is 0. The Balaban J connectivity index is 1.96. The molecule has 0 amide bonds. The zero-order chi connectivity index (χ0) is 10.3.